The van der Waals surface area contributed by atoms with Gasteiger partial charge in [-0.05, 0) is 40.2 Å². The summed E-state index contributed by atoms with van der Waals surface area (Å²) in [7, 11) is 0. The third kappa shape index (κ3) is 2.37. The maximum atomic E-state index is 12.9. The van der Waals surface area contributed by atoms with Crippen LogP contribution in [0.25, 0.3) is 5.65 Å². The fourth-order valence-electron chi connectivity index (χ4n) is 3.20. The molecule has 0 radical (unpaired) electrons. The molecule has 1 saturated heterocycles. The molecule has 3 heterocycles. The molecule has 0 bridgehead atoms. The predicted octanol–water partition coefficient (Wildman–Crippen LogP) is 1.50. The molecule has 2 atom stereocenters. The number of carbonyl (C=O) groups excluding carboxylic acids is 1. The molecule has 2 unspecified atom stereocenters. The Morgan fingerprint density at radius 2 is 2.14 bits per heavy atom. The van der Waals surface area contributed by atoms with Crippen LogP contribution in [0.5, 0.6) is 0 Å². The normalized spacial score (nSPS) is 19.9. The van der Waals surface area contributed by atoms with Crippen molar-refractivity contribution in [1.29, 1.82) is 0 Å². The first-order chi connectivity index (χ1) is 10.4. The molecule has 1 aliphatic rings. The summed E-state index contributed by atoms with van der Waals surface area (Å²) >= 11 is 0. The monoisotopic (exact) mass is 302 g/mol. The lowest BCUT2D eigenvalue weighted by molar-refractivity contribution is 0.0763. The van der Waals surface area contributed by atoms with Crippen LogP contribution in [-0.4, -0.2) is 49.7 Å². The molecular weight excluding hydrogens is 280 g/mol. The first kappa shape index (κ1) is 15.0. The minimum Gasteiger partial charge on any atom is -0.393 e. The van der Waals surface area contributed by atoms with Crippen LogP contribution in [0, 0.1) is 26.7 Å². The van der Waals surface area contributed by atoms with E-state index >= 15 is 0 Å². The number of fused-ring (bicyclic) bond motifs is 1. The second kappa shape index (κ2) is 5.35. The lowest BCUT2D eigenvalue weighted by Gasteiger charge is -2.17. The average molecular weight is 302 g/mol. The Morgan fingerprint density at radius 1 is 1.41 bits per heavy atom. The summed E-state index contributed by atoms with van der Waals surface area (Å²) in [5.74, 6) is 0.121. The molecule has 1 N–H and O–H groups in total. The highest BCUT2D eigenvalue weighted by atomic mass is 16.3. The van der Waals surface area contributed by atoms with Crippen molar-refractivity contribution < 1.29 is 9.90 Å². The molecule has 6 nitrogen and oxygen atoms in total. The summed E-state index contributed by atoms with van der Waals surface area (Å²) in [6, 6.07) is 1.95. The number of likely N-dealkylation sites (tertiary alicyclic amines) is 1. The van der Waals surface area contributed by atoms with Crippen molar-refractivity contribution in [2.24, 2.45) is 5.92 Å². The van der Waals surface area contributed by atoms with Crippen LogP contribution >= 0.6 is 0 Å². The number of aryl methyl sites for hydroxylation is 3. The molecule has 1 fully saturated rings. The smallest absolute Gasteiger partial charge is 0.259 e. The first-order valence-corrected chi connectivity index (χ1v) is 7.69. The van der Waals surface area contributed by atoms with Gasteiger partial charge >= 0.3 is 0 Å². The number of aliphatic hydroxyl groups excluding tert-OH is 1. The molecule has 2 aromatic heterocycles. The van der Waals surface area contributed by atoms with E-state index in [1.165, 1.54) is 0 Å². The van der Waals surface area contributed by atoms with Crippen LogP contribution in [0.3, 0.4) is 0 Å². The van der Waals surface area contributed by atoms with Crippen molar-refractivity contribution in [3.63, 3.8) is 0 Å². The Labute approximate surface area is 129 Å². The quantitative estimate of drug-likeness (QED) is 0.912. The molecule has 2 aromatic rings. The number of hydrogen-bond acceptors (Lipinski definition) is 4. The zero-order valence-corrected chi connectivity index (χ0v) is 13.5. The Balaban J connectivity index is 2.00. The van der Waals surface area contributed by atoms with E-state index in [1.807, 2.05) is 26.8 Å². The Hall–Kier alpha value is -1.95. The maximum absolute atomic E-state index is 12.9. The number of rotatable bonds is 2. The van der Waals surface area contributed by atoms with Crippen LogP contribution in [0.2, 0.25) is 0 Å². The van der Waals surface area contributed by atoms with Crippen LogP contribution in [0.1, 0.15) is 40.8 Å². The minimum atomic E-state index is -0.384. The maximum Gasteiger partial charge on any atom is 0.259 e. The number of aromatic nitrogens is 3. The van der Waals surface area contributed by atoms with Gasteiger partial charge in [0.2, 0.25) is 0 Å². The van der Waals surface area contributed by atoms with E-state index < -0.39 is 0 Å². The predicted molar refractivity (Wildman–Crippen MR) is 82.9 cm³/mol. The molecule has 1 amide bonds. The molecular formula is C16H22N4O2. The summed E-state index contributed by atoms with van der Waals surface area (Å²) < 4.78 is 1.73. The Bertz CT molecular complexity index is 735. The van der Waals surface area contributed by atoms with Crippen molar-refractivity contribution in [1.82, 2.24) is 19.5 Å². The number of amides is 1. The second-order valence-corrected chi connectivity index (χ2v) is 6.28. The summed E-state index contributed by atoms with van der Waals surface area (Å²) in [6.07, 6.45) is 0.457. The largest absolute Gasteiger partial charge is 0.393 e. The number of nitrogens with zero attached hydrogens (tertiary/aromatic N) is 4. The molecule has 0 saturated carbocycles. The average Bonchev–Trinajstić information content (AvgIpc) is 3.03. The van der Waals surface area contributed by atoms with Gasteiger partial charge in [0.25, 0.3) is 5.91 Å². The van der Waals surface area contributed by atoms with Gasteiger partial charge in [-0.3, -0.25) is 4.79 Å². The fraction of sp³-hybridized carbons (Fsp3) is 0.562. The SMILES string of the molecule is Cc1cc(C)n2nc(C)c(C(=O)N3CCC(C(C)O)C3)c2n1. The second-order valence-electron chi connectivity index (χ2n) is 6.28. The van der Waals surface area contributed by atoms with E-state index in [9.17, 15) is 9.90 Å². The van der Waals surface area contributed by atoms with Gasteiger partial charge in [-0.15, -0.1) is 0 Å². The molecule has 0 aromatic carbocycles. The van der Waals surface area contributed by atoms with Gasteiger partial charge < -0.3 is 10.0 Å². The number of aliphatic hydroxyl groups is 1. The van der Waals surface area contributed by atoms with Gasteiger partial charge in [0.1, 0.15) is 5.56 Å². The van der Waals surface area contributed by atoms with E-state index in [1.54, 1.807) is 16.3 Å². The third-order valence-corrected chi connectivity index (χ3v) is 4.48. The highest BCUT2D eigenvalue weighted by molar-refractivity contribution is 6.01. The van der Waals surface area contributed by atoms with E-state index in [0.717, 1.165) is 17.8 Å². The van der Waals surface area contributed by atoms with Gasteiger partial charge in [-0.1, -0.05) is 0 Å². The van der Waals surface area contributed by atoms with E-state index in [2.05, 4.69) is 10.1 Å². The first-order valence-electron chi connectivity index (χ1n) is 7.69. The van der Waals surface area contributed by atoms with Crippen molar-refractivity contribution in [2.45, 2.75) is 40.2 Å². The number of hydrogen-bond donors (Lipinski definition) is 1. The molecule has 3 rings (SSSR count). The van der Waals surface area contributed by atoms with Gasteiger partial charge in [0.15, 0.2) is 5.65 Å². The van der Waals surface area contributed by atoms with Crippen molar-refractivity contribution in [2.75, 3.05) is 13.1 Å². The molecule has 118 valence electrons. The van der Waals surface area contributed by atoms with Gasteiger partial charge in [0.05, 0.1) is 11.8 Å². The molecule has 22 heavy (non-hydrogen) atoms. The van der Waals surface area contributed by atoms with Gasteiger partial charge in [-0.2, -0.15) is 5.10 Å². The molecule has 6 heteroatoms. The number of carbonyl (C=O) groups is 1. The highest BCUT2D eigenvalue weighted by Crippen LogP contribution is 2.24. The summed E-state index contributed by atoms with van der Waals surface area (Å²) in [4.78, 5) is 19.2. The van der Waals surface area contributed by atoms with Crippen LogP contribution < -0.4 is 0 Å². The lowest BCUT2D eigenvalue weighted by Crippen LogP contribution is -2.30. The van der Waals surface area contributed by atoms with Crippen molar-refractivity contribution in [3.05, 3.63) is 28.7 Å². The molecule has 0 spiro atoms. The van der Waals surface area contributed by atoms with Crippen LogP contribution in [0.4, 0.5) is 0 Å². The van der Waals surface area contributed by atoms with Crippen LogP contribution in [-0.2, 0) is 0 Å². The third-order valence-electron chi connectivity index (χ3n) is 4.48. The summed E-state index contributed by atoms with van der Waals surface area (Å²) in [5.41, 5.74) is 3.75. The summed E-state index contributed by atoms with van der Waals surface area (Å²) in [5, 5.41) is 14.2. The van der Waals surface area contributed by atoms with Crippen molar-refractivity contribution >= 4 is 11.6 Å². The highest BCUT2D eigenvalue weighted by Gasteiger charge is 2.32. The molecule has 0 aliphatic carbocycles. The zero-order chi connectivity index (χ0) is 16.0. The Kier molecular flexibility index (Phi) is 3.64. The lowest BCUT2D eigenvalue weighted by atomic mass is 10.0. The standard InChI is InChI=1S/C16H22N4O2/c1-9-7-10(2)20-15(17-9)14(11(3)18-20)16(22)19-6-5-13(8-19)12(4)21/h7,12-13,21H,5-6,8H2,1-4H3. The Morgan fingerprint density at radius 3 is 2.77 bits per heavy atom. The minimum absolute atomic E-state index is 0.0341. The van der Waals surface area contributed by atoms with Crippen LogP contribution in [0.15, 0.2) is 6.07 Å². The zero-order valence-electron chi connectivity index (χ0n) is 13.5. The van der Waals surface area contributed by atoms with Gasteiger partial charge in [0, 0.05) is 30.4 Å². The van der Waals surface area contributed by atoms with Gasteiger partial charge in [-0.25, -0.2) is 9.50 Å². The van der Waals surface area contributed by atoms with E-state index in [4.69, 9.17) is 0 Å². The van der Waals surface area contributed by atoms with E-state index in [0.29, 0.717) is 30.0 Å². The summed E-state index contributed by atoms with van der Waals surface area (Å²) in [6.45, 7) is 8.78. The van der Waals surface area contributed by atoms with E-state index in [-0.39, 0.29) is 17.9 Å². The molecule has 1 aliphatic heterocycles. The fourth-order valence-corrected chi connectivity index (χ4v) is 3.20. The topological polar surface area (TPSA) is 70.7 Å². The van der Waals surface area contributed by atoms with Crippen molar-refractivity contribution in [3.8, 4) is 0 Å².